The molecule has 1 N–H and O–H groups in total. The second-order valence-corrected chi connectivity index (χ2v) is 5.84. The van der Waals surface area contributed by atoms with Crippen molar-refractivity contribution in [2.45, 2.75) is 17.9 Å². The zero-order valence-corrected chi connectivity index (χ0v) is 13.4. The number of thioether (sulfide) groups is 1. The Bertz CT molecular complexity index is 616. The van der Waals surface area contributed by atoms with Crippen LogP contribution in [-0.4, -0.2) is 12.8 Å². The SMILES string of the molecule is CCNC(c1ccc(SC)cc1)c1cc(F)c(F)cc1Cl. The van der Waals surface area contributed by atoms with E-state index < -0.39 is 11.6 Å². The maximum absolute atomic E-state index is 13.5. The van der Waals surface area contributed by atoms with E-state index in [0.29, 0.717) is 12.1 Å². The average Bonchev–Trinajstić information content (AvgIpc) is 2.49. The minimum absolute atomic E-state index is 0.216. The van der Waals surface area contributed by atoms with Gasteiger partial charge in [-0.3, -0.25) is 0 Å². The molecular weight excluding hydrogens is 312 g/mol. The molecule has 2 rings (SSSR count). The highest BCUT2D eigenvalue weighted by molar-refractivity contribution is 7.98. The third-order valence-corrected chi connectivity index (χ3v) is 4.28. The molecule has 0 fully saturated rings. The fraction of sp³-hybridized carbons (Fsp3) is 0.250. The molecule has 0 aliphatic heterocycles. The number of hydrogen-bond acceptors (Lipinski definition) is 2. The Morgan fingerprint density at radius 3 is 2.33 bits per heavy atom. The highest BCUT2D eigenvalue weighted by Gasteiger charge is 2.19. The lowest BCUT2D eigenvalue weighted by Crippen LogP contribution is -2.22. The summed E-state index contributed by atoms with van der Waals surface area (Å²) < 4.78 is 26.8. The zero-order valence-electron chi connectivity index (χ0n) is 11.8. The molecule has 0 saturated heterocycles. The summed E-state index contributed by atoms with van der Waals surface area (Å²) in [6.07, 6.45) is 2.00. The molecule has 0 aliphatic rings. The van der Waals surface area contributed by atoms with Crippen molar-refractivity contribution < 1.29 is 8.78 Å². The van der Waals surface area contributed by atoms with Crippen molar-refractivity contribution in [3.05, 3.63) is 64.2 Å². The van der Waals surface area contributed by atoms with Gasteiger partial charge in [-0.2, -0.15) is 0 Å². The van der Waals surface area contributed by atoms with Crippen LogP contribution in [-0.2, 0) is 0 Å². The Labute approximate surface area is 132 Å². The summed E-state index contributed by atoms with van der Waals surface area (Å²) in [4.78, 5) is 1.14. The standard InChI is InChI=1S/C16H16ClF2NS/c1-3-20-16(10-4-6-11(21-2)7-5-10)12-8-14(18)15(19)9-13(12)17/h4-9,16,20H,3H2,1-2H3. The van der Waals surface area contributed by atoms with Gasteiger partial charge in [-0.15, -0.1) is 11.8 Å². The van der Waals surface area contributed by atoms with Crippen LogP contribution in [0.4, 0.5) is 8.78 Å². The Kier molecular flexibility index (Phi) is 5.62. The van der Waals surface area contributed by atoms with Gasteiger partial charge in [0.05, 0.1) is 6.04 Å². The van der Waals surface area contributed by atoms with Crippen molar-refractivity contribution in [3.63, 3.8) is 0 Å². The molecule has 112 valence electrons. The largest absolute Gasteiger partial charge is 0.306 e. The molecule has 0 radical (unpaired) electrons. The molecule has 0 heterocycles. The fourth-order valence-electron chi connectivity index (χ4n) is 2.17. The molecule has 0 amide bonds. The van der Waals surface area contributed by atoms with E-state index in [1.165, 1.54) is 0 Å². The van der Waals surface area contributed by atoms with Gasteiger partial charge in [0.1, 0.15) is 0 Å². The first kappa shape index (κ1) is 16.3. The number of hydrogen-bond donors (Lipinski definition) is 1. The van der Waals surface area contributed by atoms with Crippen molar-refractivity contribution in [1.82, 2.24) is 5.32 Å². The predicted octanol–water partition coefficient (Wildman–Crippen LogP) is 5.04. The van der Waals surface area contributed by atoms with Gasteiger partial charge in [0.2, 0.25) is 0 Å². The Morgan fingerprint density at radius 2 is 1.76 bits per heavy atom. The van der Waals surface area contributed by atoms with Crippen molar-refractivity contribution in [2.24, 2.45) is 0 Å². The van der Waals surface area contributed by atoms with E-state index in [9.17, 15) is 8.78 Å². The summed E-state index contributed by atoms with van der Waals surface area (Å²) >= 11 is 7.74. The maximum Gasteiger partial charge on any atom is 0.160 e. The lowest BCUT2D eigenvalue weighted by molar-refractivity contribution is 0.504. The third kappa shape index (κ3) is 3.76. The van der Waals surface area contributed by atoms with Crippen molar-refractivity contribution >= 4 is 23.4 Å². The van der Waals surface area contributed by atoms with Gasteiger partial charge in [-0.05, 0) is 48.2 Å². The van der Waals surface area contributed by atoms with Gasteiger partial charge in [-0.1, -0.05) is 30.7 Å². The first-order chi connectivity index (χ1) is 10.1. The minimum atomic E-state index is -0.934. The summed E-state index contributed by atoms with van der Waals surface area (Å²) in [6.45, 7) is 2.64. The Balaban J connectivity index is 2.44. The molecule has 0 spiro atoms. The van der Waals surface area contributed by atoms with Gasteiger partial charge in [0.25, 0.3) is 0 Å². The van der Waals surface area contributed by atoms with Crippen LogP contribution < -0.4 is 5.32 Å². The maximum atomic E-state index is 13.5. The predicted molar refractivity (Wildman–Crippen MR) is 85.1 cm³/mol. The molecule has 1 unspecified atom stereocenters. The lowest BCUT2D eigenvalue weighted by atomic mass is 9.98. The van der Waals surface area contributed by atoms with E-state index in [1.807, 2.05) is 37.4 Å². The van der Waals surface area contributed by atoms with Crippen LogP contribution in [0.2, 0.25) is 5.02 Å². The summed E-state index contributed by atoms with van der Waals surface area (Å²) in [7, 11) is 0. The molecule has 21 heavy (non-hydrogen) atoms. The van der Waals surface area contributed by atoms with Crippen LogP contribution in [0.5, 0.6) is 0 Å². The van der Waals surface area contributed by atoms with Crippen LogP contribution in [0.15, 0.2) is 41.3 Å². The molecule has 0 aromatic heterocycles. The summed E-state index contributed by atoms with van der Waals surface area (Å²) in [5.74, 6) is -1.82. The average molecular weight is 328 g/mol. The zero-order chi connectivity index (χ0) is 15.4. The van der Waals surface area contributed by atoms with E-state index >= 15 is 0 Å². The first-order valence-electron chi connectivity index (χ1n) is 6.58. The molecule has 2 aromatic carbocycles. The molecule has 2 aromatic rings. The Morgan fingerprint density at radius 1 is 1.14 bits per heavy atom. The van der Waals surface area contributed by atoms with Crippen molar-refractivity contribution in [3.8, 4) is 0 Å². The summed E-state index contributed by atoms with van der Waals surface area (Å²) in [6, 6.07) is 9.85. The molecule has 0 saturated carbocycles. The van der Waals surface area contributed by atoms with E-state index in [1.54, 1.807) is 11.8 Å². The lowest BCUT2D eigenvalue weighted by Gasteiger charge is -2.20. The minimum Gasteiger partial charge on any atom is -0.306 e. The smallest absolute Gasteiger partial charge is 0.160 e. The van der Waals surface area contributed by atoms with Gasteiger partial charge in [0, 0.05) is 9.92 Å². The second kappa shape index (κ2) is 7.25. The number of halogens is 3. The molecule has 0 aliphatic carbocycles. The van der Waals surface area contributed by atoms with E-state index in [0.717, 1.165) is 22.6 Å². The van der Waals surface area contributed by atoms with Crippen molar-refractivity contribution in [2.75, 3.05) is 12.8 Å². The molecule has 0 bridgehead atoms. The molecule has 5 heteroatoms. The first-order valence-corrected chi connectivity index (χ1v) is 8.18. The van der Waals surface area contributed by atoms with Crippen LogP contribution in [0, 0.1) is 11.6 Å². The van der Waals surface area contributed by atoms with E-state index in [-0.39, 0.29) is 11.1 Å². The van der Waals surface area contributed by atoms with Gasteiger partial charge in [-0.25, -0.2) is 8.78 Å². The number of rotatable bonds is 5. The highest BCUT2D eigenvalue weighted by Crippen LogP contribution is 2.31. The van der Waals surface area contributed by atoms with Gasteiger partial charge in [0.15, 0.2) is 11.6 Å². The topological polar surface area (TPSA) is 12.0 Å². The number of benzene rings is 2. The normalized spacial score (nSPS) is 12.4. The molecular formula is C16H16ClF2NS. The third-order valence-electron chi connectivity index (χ3n) is 3.21. The second-order valence-electron chi connectivity index (χ2n) is 4.55. The quantitative estimate of drug-likeness (QED) is 0.610. The summed E-state index contributed by atoms with van der Waals surface area (Å²) in [5, 5.41) is 3.48. The van der Waals surface area contributed by atoms with Crippen molar-refractivity contribution in [1.29, 1.82) is 0 Å². The molecule has 1 nitrogen and oxygen atoms in total. The summed E-state index contributed by atoms with van der Waals surface area (Å²) in [5.41, 5.74) is 1.50. The van der Waals surface area contributed by atoms with E-state index in [4.69, 9.17) is 11.6 Å². The highest BCUT2D eigenvalue weighted by atomic mass is 35.5. The Hall–Kier alpha value is -1.10. The fourth-order valence-corrected chi connectivity index (χ4v) is 2.83. The van der Waals surface area contributed by atoms with Crippen LogP contribution in [0.1, 0.15) is 24.1 Å². The van der Waals surface area contributed by atoms with E-state index in [2.05, 4.69) is 5.32 Å². The molecule has 1 atom stereocenters. The van der Waals surface area contributed by atoms with Gasteiger partial charge >= 0.3 is 0 Å². The number of nitrogens with one attached hydrogen (secondary N) is 1. The van der Waals surface area contributed by atoms with Crippen LogP contribution in [0.3, 0.4) is 0 Å². The monoisotopic (exact) mass is 327 g/mol. The van der Waals surface area contributed by atoms with Crippen LogP contribution in [0.25, 0.3) is 0 Å². The van der Waals surface area contributed by atoms with Crippen LogP contribution >= 0.6 is 23.4 Å². The van der Waals surface area contributed by atoms with Gasteiger partial charge < -0.3 is 5.32 Å².